The molecule has 0 aliphatic rings. The molecule has 0 atom stereocenters. The zero-order valence-corrected chi connectivity index (χ0v) is 15.0. The molecule has 8 heteroatoms. The van der Waals surface area contributed by atoms with Gasteiger partial charge in [-0.25, -0.2) is 18.7 Å². The molecule has 0 bridgehead atoms. The molecule has 5 nitrogen and oxygen atoms in total. The molecular weight excluding hydrogens is 374 g/mol. The SMILES string of the molecule is Cc1nc(Nc2ccc(F)cc2F)cc(C(=O)NCc2ccccc2Cl)n1. The largest absolute Gasteiger partial charge is 0.347 e. The first-order valence-corrected chi connectivity index (χ1v) is 8.39. The van der Waals surface area contributed by atoms with E-state index in [9.17, 15) is 13.6 Å². The second-order valence-corrected chi connectivity index (χ2v) is 6.12. The Bertz CT molecular complexity index is 997. The standard InChI is InChI=1S/C19H15ClF2N4O/c1-11-24-17(19(27)23-10-12-4-2-3-5-14(12)20)9-18(25-11)26-16-7-6-13(21)8-15(16)22/h2-9H,10H2,1H3,(H,23,27)(H,24,25,26). The van der Waals surface area contributed by atoms with Crippen LogP contribution >= 0.6 is 11.6 Å². The molecule has 27 heavy (non-hydrogen) atoms. The monoisotopic (exact) mass is 388 g/mol. The zero-order valence-electron chi connectivity index (χ0n) is 14.3. The number of aromatic nitrogens is 2. The number of hydrogen-bond donors (Lipinski definition) is 2. The Morgan fingerprint density at radius 3 is 2.63 bits per heavy atom. The molecule has 1 heterocycles. The van der Waals surface area contributed by atoms with E-state index in [0.29, 0.717) is 10.8 Å². The Balaban J connectivity index is 1.76. The number of halogens is 3. The quantitative estimate of drug-likeness (QED) is 0.680. The maximum absolute atomic E-state index is 13.8. The topological polar surface area (TPSA) is 66.9 Å². The van der Waals surface area contributed by atoms with Crippen LogP contribution in [-0.4, -0.2) is 15.9 Å². The molecule has 1 aromatic heterocycles. The minimum Gasteiger partial charge on any atom is -0.347 e. The minimum absolute atomic E-state index is 0.0388. The number of carbonyl (C=O) groups excluding carboxylic acids is 1. The van der Waals surface area contributed by atoms with Gasteiger partial charge in [0, 0.05) is 23.7 Å². The highest BCUT2D eigenvalue weighted by molar-refractivity contribution is 6.31. The fourth-order valence-corrected chi connectivity index (χ4v) is 2.59. The molecule has 0 aliphatic heterocycles. The Morgan fingerprint density at radius 1 is 1.11 bits per heavy atom. The molecule has 2 N–H and O–H groups in total. The van der Waals surface area contributed by atoms with Crippen LogP contribution in [0.4, 0.5) is 20.3 Å². The van der Waals surface area contributed by atoms with Crippen molar-refractivity contribution >= 4 is 29.0 Å². The second-order valence-electron chi connectivity index (χ2n) is 5.71. The van der Waals surface area contributed by atoms with Gasteiger partial charge in [-0.15, -0.1) is 0 Å². The van der Waals surface area contributed by atoms with Crippen LogP contribution in [0.25, 0.3) is 0 Å². The van der Waals surface area contributed by atoms with E-state index in [1.807, 2.05) is 6.07 Å². The number of rotatable bonds is 5. The van der Waals surface area contributed by atoms with Gasteiger partial charge < -0.3 is 10.6 Å². The summed E-state index contributed by atoms with van der Waals surface area (Å²) in [7, 11) is 0. The molecule has 0 fully saturated rings. The number of benzene rings is 2. The molecule has 3 rings (SSSR count). The van der Waals surface area contributed by atoms with Crippen molar-refractivity contribution in [1.82, 2.24) is 15.3 Å². The van der Waals surface area contributed by atoms with Crippen LogP contribution in [0.2, 0.25) is 5.02 Å². The van der Waals surface area contributed by atoms with E-state index in [1.165, 1.54) is 12.1 Å². The molecule has 0 radical (unpaired) electrons. The summed E-state index contributed by atoms with van der Waals surface area (Å²) >= 11 is 6.07. The molecule has 0 unspecified atom stereocenters. The lowest BCUT2D eigenvalue weighted by Crippen LogP contribution is -2.24. The lowest BCUT2D eigenvalue weighted by Gasteiger charge is -2.10. The van der Waals surface area contributed by atoms with Gasteiger partial charge >= 0.3 is 0 Å². The summed E-state index contributed by atoms with van der Waals surface area (Å²) in [6.07, 6.45) is 0. The van der Waals surface area contributed by atoms with Crippen LogP contribution in [-0.2, 0) is 6.54 Å². The molecule has 0 spiro atoms. The summed E-state index contributed by atoms with van der Waals surface area (Å²) in [5.74, 6) is -1.34. The predicted molar refractivity (Wildman–Crippen MR) is 99.0 cm³/mol. The highest BCUT2D eigenvalue weighted by atomic mass is 35.5. The van der Waals surface area contributed by atoms with Crippen molar-refractivity contribution in [3.05, 3.63) is 82.3 Å². The number of nitrogens with zero attached hydrogens (tertiary/aromatic N) is 2. The van der Waals surface area contributed by atoms with Crippen molar-refractivity contribution in [1.29, 1.82) is 0 Å². The second kappa shape index (κ2) is 8.09. The third kappa shape index (κ3) is 4.77. The van der Waals surface area contributed by atoms with Crippen LogP contribution in [0, 0.1) is 18.6 Å². The molecule has 1 amide bonds. The first kappa shape index (κ1) is 18.7. The van der Waals surface area contributed by atoms with Crippen molar-refractivity contribution in [2.75, 3.05) is 5.32 Å². The van der Waals surface area contributed by atoms with E-state index in [-0.39, 0.29) is 23.7 Å². The van der Waals surface area contributed by atoms with Gasteiger partial charge in [0.15, 0.2) is 0 Å². The lowest BCUT2D eigenvalue weighted by molar-refractivity contribution is 0.0945. The fourth-order valence-electron chi connectivity index (χ4n) is 2.38. The van der Waals surface area contributed by atoms with E-state index >= 15 is 0 Å². The summed E-state index contributed by atoms with van der Waals surface area (Å²) in [5.41, 5.74) is 0.918. The minimum atomic E-state index is -0.768. The summed E-state index contributed by atoms with van der Waals surface area (Å²) in [5, 5.41) is 6.00. The van der Waals surface area contributed by atoms with Gasteiger partial charge in [0.05, 0.1) is 5.69 Å². The van der Waals surface area contributed by atoms with E-state index < -0.39 is 17.5 Å². The first-order chi connectivity index (χ1) is 12.9. The fraction of sp³-hybridized carbons (Fsp3) is 0.105. The highest BCUT2D eigenvalue weighted by Gasteiger charge is 2.12. The Morgan fingerprint density at radius 2 is 1.89 bits per heavy atom. The van der Waals surface area contributed by atoms with Gasteiger partial charge in [0.2, 0.25) is 0 Å². The van der Waals surface area contributed by atoms with Crippen LogP contribution in [0.3, 0.4) is 0 Å². The molecular formula is C19H15ClF2N4O. The van der Waals surface area contributed by atoms with Crippen molar-refractivity contribution in [2.45, 2.75) is 13.5 Å². The number of hydrogen-bond acceptors (Lipinski definition) is 4. The Kier molecular flexibility index (Phi) is 5.61. The number of nitrogens with one attached hydrogen (secondary N) is 2. The zero-order chi connectivity index (χ0) is 19.4. The predicted octanol–water partition coefficient (Wildman–Crippen LogP) is 4.39. The van der Waals surface area contributed by atoms with E-state index in [2.05, 4.69) is 20.6 Å². The van der Waals surface area contributed by atoms with Crippen LogP contribution < -0.4 is 10.6 Å². The van der Waals surface area contributed by atoms with Gasteiger partial charge in [-0.05, 0) is 30.7 Å². The molecule has 3 aromatic rings. The third-order valence-electron chi connectivity index (χ3n) is 3.66. The first-order valence-electron chi connectivity index (χ1n) is 8.02. The average Bonchev–Trinajstić information content (AvgIpc) is 2.63. The molecule has 0 aliphatic carbocycles. The van der Waals surface area contributed by atoms with Crippen molar-refractivity contribution in [2.24, 2.45) is 0 Å². The number of amides is 1. The van der Waals surface area contributed by atoms with Crippen molar-refractivity contribution < 1.29 is 13.6 Å². The van der Waals surface area contributed by atoms with Gasteiger partial charge in [-0.2, -0.15) is 0 Å². The lowest BCUT2D eigenvalue weighted by atomic mass is 10.2. The van der Waals surface area contributed by atoms with Gasteiger partial charge in [-0.3, -0.25) is 4.79 Å². The molecule has 0 saturated heterocycles. The van der Waals surface area contributed by atoms with Crippen molar-refractivity contribution in [3.63, 3.8) is 0 Å². The highest BCUT2D eigenvalue weighted by Crippen LogP contribution is 2.20. The Hall–Kier alpha value is -3.06. The van der Waals surface area contributed by atoms with E-state index in [1.54, 1.807) is 25.1 Å². The molecule has 138 valence electrons. The summed E-state index contributed by atoms with van der Waals surface area (Å²) in [4.78, 5) is 20.6. The Labute approximate surface area is 159 Å². The molecule has 2 aromatic carbocycles. The summed E-state index contributed by atoms with van der Waals surface area (Å²) in [6, 6.07) is 11.7. The van der Waals surface area contributed by atoms with Gasteiger partial charge in [0.1, 0.15) is 29.0 Å². The normalized spacial score (nSPS) is 10.5. The number of aryl methyl sites for hydroxylation is 1. The number of anilines is 2. The third-order valence-corrected chi connectivity index (χ3v) is 4.03. The van der Waals surface area contributed by atoms with Gasteiger partial charge in [0.25, 0.3) is 5.91 Å². The van der Waals surface area contributed by atoms with Crippen LogP contribution in [0.1, 0.15) is 21.9 Å². The molecule has 0 saturated carbocycles. The maximum atomic E-state index is 13.8. The average molecular weight is 389 g/mol. The van der Waals surface area contributed by atoms with E-state index in [0.717, 1.165) is 17.7 Å². The van der Waals surface area contributed by atoms with E-state index in [4.69, 9.17) is 11.6 Å². The van der Waals surface area contributed by atoms with Crippen LogP contribution in [0.15, 0.2) is 48.5 Å². The van der Waals surface area contributed by atoms with Crippen molar-refractivity contribution in [3.8, 4) is 0 Å². The number of carbonyl (C=O) groups is 1. The van der Waals surface area contributed by atoms with Gasteiger partial charge in [-0.1, -0.05) is 29.8 Å². The summed E-state index contributed by atoms with van der Waals surface area (Å²) in [6.45, 7) is 1.84. The maximum Gasteiger partial charge on any atom is 0.270 e. The smallest absolute Gasteiger partial charge is 0.270 e. The summed E-state index contributed by atoms with van der Waals surface area (Å²) < 4.78 is 26.8. The van der Waals surface area contributed by atoms with Crippen LogP contribution in [0.5, 0.6) is 0 Å².